The summed E-state index contributed by atoms with van der Waals surface area (Å²) in [5, 5.41) is 1.01. The zero-order valence-electron chi connectivity index (χ0n) is 17.5. The lowest BCUT2D eigenvalue weighted by Crippen LogP contribution is -2.48. The fraction of sp³-hybridized carbons (Fsp3) is 0.292. The molecule has 158 valence electrons. The Balaban J connectivity index is 1.52. The van der Waals surface area contributed by atoms with Gasteiger partial charge in [-0.3, -0.25) is 4.79 Å². The van der Waals surface area contributed by atoms with E-state index >= 15 is 0 Å². The van der Waals surface area contributed by atoms with Crippen molar-refractivity contribution in [3.8, 4) is 22.6 Å². The summed E-state index contributed by atoms with van der Waals surface area (Å²) in [6, 6.07) is 10.2. The first-order valence-corrected chi connectivity index (χ1v) is 10.5. The largest absolute Gasteiger partial charge is 0.486 e. The highest BCUT2D eigenvalue weighted by atomic mass is 16.6. The van der Waals surface area contributed by atoms with Crippen molar-refractivity contribution in [1.82, 2.24) is 14.9 Å². The minimum atomic E-state index is -0.0231. The summed E-state index contributed by atoms with van der Waals surface area (Å²) in [6.07, 6.45) is 2.98. The van der Waals surface area contributed by atoms with Crippen LogP contribution in [-0.4, -0.2) is 60.2 Å². The van der Waals surface area contributed by atoms with Gasteiger partial charge in [0.1, 0.15) is 25.4 Å². The van der Waals surface area contributed by atoms with E-state index in [2.05, 4.69) is 46.6 Å². The Kier molecular flexibility index (Phi) is 4.94. The number of para-hydroxylation sites is 1. The Hall–Kier alpha value is -3.61. The molecular weight excluding hydrogens is 392 g/mol. The number of carbonyl (C=O) groups excluding carboxylic acids is 1. The molecule has 1 aromatic heterocycles. The van der Waals surface area contributed by atoms with Gasteiger partial charge in [-0.05, 0) is 42.3 Å². The van der Waals surface area contributed by atoms with Crippen molar-refractivity contribution in [3.05, 3.63) is 54.9 Å². The minimum Gasteiger partial charge on any atom is -0.486 e. The molecule has 1 fully saturated rings. The summed E-state index contributed by atoms with van der Waals surface area (Å²) < 4.78 is 11.7. The van der Waals surface area contributed by atoms with Crippen LogP contribution in [0.15, 0.2) is 49.3 Å². The van der Waals surface area contributed by atoms with Crippen molar-refractivity contribution >= 4 is 22.6 Å². The molecule has 31 heavy (non-hydrogen) atoms. The number of carbonyl (C=O) groups is 1. The molecule has 0 bridgehead atoms. The second-order valence-corrected chi connectivity index (χ2v) is 7.73. The standard InChI is InChI=1S/C24H24N4O3/c1-3-22(29)27-7-9-28(10-8-27)24-19-13-16(2)18(14-20(19)25-15-26-24)17-5-4-6-21-23(17)31-12-11-30-21/h3-6,13-15H,1,7-12H2,2H3. The van der Waals surface area contributed by atoms with Crippen LogP contribution < -0.4 is 14.4 Å². The quantitative estimate of drug-likeness (QED) is 0.611. The Morgan fingerprint density at radius 2 is 1.87 bits per heavy atom. The topological polar surface area (TPSA) is 67.8 Å². The number of amides is 1. The third kappa shape index (κ3) is 3.46. The molecule has 2 aliphatic rings. The number of anilines is 1. The van der Waals surface area contributed by atoms with Crippen LogP contribution in [0.3, 0.4) is 0 Å². The highest BCUT2D eigenvalue weighted by Crippen LogP contribution is 2.42. The Labute approximate surface area is 180 Å². The van der Waals surface area contributed by atoms with E-state index in [4.69, 9.17) is 9.47 Å². The number of hydrogen-bond acceptors (Lipinski definition) is 6. The molecule has 2 aliphatic heterocycles. The van der Waals surface area contributed by atoms with E-state index in [9.17, 15) is 4.79 Å². The van der Waals surface area contributed by atoms with E-state index in [-0.39, 0.29) is 5.91 Å². The molecule has 0 saturated carbocycles. The molecule has 0 N–H and O–H groups in total. The average Bonchev–Trinajstić information content (AvgIpc) is 2.82. The predicted molar refractivity (Wildman–Crippen MR) is 120 cm³/mol. The molecule has 1 saturated heterocycles. The molecule has 3 aromatic rings. The van der Waals surface area contributed by atoms with Gasteiger partial charge in [0.05, 0.1) is 5.52 Å². The average molecular weight is 416 g/mol. The van der Waals surface area contributed by atoms with E-state index in [0.717, 1.165) is 58.0 Å². The van der Waals surface area contributed by atoms with Crippen LogP contribution in [0.5, 0.6) is 11.5 Å². The molecule has 1 amide bonds. The molecular formula is C24H24N4O3. The molecule has 2 aromatic carbocycles. The van der Waals surface area contributed by atoms with Gasteiger partial charge in [-0.1, -0.05) is 18.7 Å². The van der Waals surface area contributed by atoms with Gasteiger partial charge in [-0.15, -0.1) is 0 Å². The SMILES string of the molecule is C=CC(=O)N1CCN(c2ncnc3cc(-c4cccc5c4OCCO5)c(C)cc23)CC1. The second kappa shape index (κ2) is 7.91. The lowest BCUT2D eigenvalue weighted by atomic mass is 9.97. The number of aromatic nitrogens is 2. The Morgan fingerprint density at radius 3 is 2.68 bits per heavy atom. The highest BCUT2D eigenvalue weighted by molar-refractivity contribution is 5.95. The third-order valence-corrected chi connectivity index (χ3v) is 5.88. The number of ether oxygens (including phenoxy) is 2. The van der Waals surface area contributed by atoms with Crippen LogP contribution in [0.4, 0.5) is 5.82 Å². The zero-order chi connectivity index (χ0) is 21.4. The molecule has 3 heterocycles. The van der Waals surface area contributed by atoms with Crippen molar-refractivity contribution < 1.29 is 14.3 Å². The Morgan fingerprint density at radius 1 is 1.06 bits per heavy atom. The maximum Gasteiger partial charge on any atom is 0.246 e. The van der Waals surface area contributed by atoms with E-state index in [0.29, 0.717) is 26.3 Å². The van der Waals surface area contributed by atoms with Crippen LogP contribution >= 0.6 is 0 Å². The van der Waals surface area contributed by atoms with Crippen molar-refractivity contribution in [2.45, 2.75) is 6.92 Å². The number of fused-ring (bicyclic) bond motifs is 2. The molecule has 0 unspecified atom stereocenters. The molecule has 0 atom stereocenters. The number of piperazine rings is 1. The zero-order valence-corrected chi connectivity index (χ0v) is 17.5. The lowest BCUT2D eigenvalue weighted by molar-refractivity contribution is -0.126. The molecule has 7 nitrogen and oxygen atoms in total. The molecule has 0 aliphatic carbocycles. The number of hydrogen-bond donors (Lipinski definition) is 0. The van der Waals surface area contributed by atoms with Gasteiger partial charge >= 0.3 is 0 Å². The second-order valence-electron chi connectivity index (χ2n) is 7.73. The van der Waals surface area contributed by atoms with Crippen LogP contribution in [0.2, 0.25) is 0 Å². The first-order chi connectivity index (χ1) is 15.2. The van der Waals surface area contributed by atoms with Crippen LogP contribution in [-0.2, 0) is 4.79 Å². The smallest absolute Gasteiger partial charge is 0.246 e. The fourth-order valence-electron chi connectivity index (χ4n) is 4.29. The van der Waals surface area contributed by atoms with Gasteiger partial charge in [0.25, 0.3) is 0 Å². The third-order valence-electron chi connectivity index (χ3n) is 5.88. The number of benzene rings is 2. The van der Waals surface area contributed by atoms with Crippen molar-refractivity contribution in [2.24, 2.45) is 0 Å². The first-order valence-electron chi connectivity index (χ1n) is 10.5. The van der Waals surface area contributed by atoms with Gasteiger partial charge in [0.15, 0.2) is 11.5 Å². The normalized spacial score (nSPS) is 15.8. The highest BCUT2D eigenvalue weighted by Gasteiger charge is 2.23. The minimum absolute atomic E-state index is 0.0231. The van der Waals surface area contributed by atoms with E-state index < -0.39 is 0 Å². The lowest BCUT2D eigenvalue weighted by Gasteiger charge is -2.35. The van der Waals surface area contributed by atoms with Crippen LogP contribution in [0.25, 0.3) is 22.0 Å². The van der Waals surface area contributed by atoms with Crippen molar-refractivity contribution in [1.29, 1.82) is 0 Å². The maximum absolute atomic E-state index is 11.9. The van der Waals surface area contributed by atoms with E-state index in [1.165, 1.54) is 6.08 Å². The molecule has 5 rings (SSSR count). The van der Waals surface area contributed by atoms with E-state index in [1.807, 2.05) is 17.0 Å². The summed E-state index contributed by atoms with van der Waals surface area (Å²) in [6.45, 7) is 9.54. The summed E-state index contributed by atoms with van der Waals surface area (Å²) in [7, 11) is 0. The number of nitrogens with zero attached hydrogens (tertiary/aromatic N) is 4. The van der Waals surface area contributed by atoms with Gasteiger partial charge in [0.2, 0.25) is 5.91 Å². The molecule has 7 heteroatoms. The fourth-order valence-corrected chi connectivity index (χ4v) is 4.29. The van der Waals surface area contributed by atoms with Crippen molar-refractivity contribution in [2.75, 3.05) is 44.3 Å². The summed E-state index contributed by atoms with van der Waals surface area (Å²) in [4.78, 5) is 25.0. The van der Waals surface area contributed by atoms with Gasteiger partial charge in [-0.2, -0.15) is 0 Å². The summed E-state index contributed by atoms with van der Waals surface area (Å²) >= 11 is 0. The summed E-state index contributed by atoms with van der Waals surface area (Å²) in [5.74, 6) is 2.44. The van der Waals surface area contributed by atoms with Crippen molar-refractivity contribution in [3.63, 3.8) is 0 Å². The first kappa shape index (κ1) is 19.4. The van der Waals surface area contributed by atoms with Gasteiger partial charge < -0.3 is 19.3 Å². The number of rotatable bonds is 3. The van der Waals surface area contributed by atoms with Crippen LogP contribution in [0, 0.1) is 6.92 Å². The molecule has 0 radical (unpaired) electrons. The molecule has 0 spiro atoms. The van der Waals surface area contributed by atoms with E-state index in [1.54, 1.807) is 6.33 Å². The Bertz CT molecular complexity index is 1170. The van der Waals surface area contributed by atoms with Crippen LogP contribution in [0.1, 0.15) is 5.56 Å². The predicted octanol–water partition coefficient (Wildman–Crippen LogP) is 3.21. The maximum atomic E-state index is 11.9. The summed E-state index contributed by atoms with van der Waals surface area (Å²) in [5.41, 5.74) is 4.07. The number of aryl methyl sites for hydroxylation is 1. The monoisotopic (exact) mass is 416 g/mol. The van der Waals surface area contributed by atoms with Gasteiger partial charge in [-0.25, -0.2) is 9.97 Å². The van der Waals surface area contributed by atoms with Gasteiger partial charge in [0, 0.05) is 37.1 Å².